The van der Waals surface area contributed by atoms with Gasteiger partial charge >= 0.3 is 6.09 Å². The Hall–Kier alpha value is -1.69. The van der Waals surface area contributed by atoms with Crippen molar-refractivity contribution in [3.05, 3.63) is 17.5 Å². The maximum absolute atomic E-state index is 11.8. The van der Waals surface area contributed by atoms with Gasteiger partial charge in [0.15, 0.2) is 5.65 Å². The summed E-state index contributed by atoms with van der Waals surface area (Å²) in [5, 5.41) is 4.08. The highest BCUT2D eigenvalue weighted by atomic mass is 35.5. The third-order valence-electron chi connectivity index (χ3n) is 1.81. The smallest absolute Gasteiger partial charge is 0.437 e. The quantitative estimate of drug-likeness (QED) is 0.721. The summed E-state index contributed by atoms with van der Waals surface area (Å²) in [6.07, 6.45) is 2.22. The van der Waals surface area contributed by atoms with Gasteiger partial charge in [-0.15, -0.1) is 4.68 Å². The van der Waals surface area contributed by atoms with Crippen molar-refractivity contribution in [1.82, 2.24) is 19.7 Å². The Morgan fingerprint density at radius 3 is 2.76 bits per heavy atom. The van der Waals surface area contributed by atoms with Crippen LogP contribution in [0.3, 0.4) is 0 Å². The van der Waals surface area contributed by atoms with Crippen LogP contribution in [0.15, 0.2) is 12.4 Å². The number of aromatic nitrogens is 4. The summed E-state index contributed by atoms with van der Waals surface area (Å²) in [6.45, 7) is 5.32. The zero-order valence-corrected chi connectivity index (χ0v) is 10.4. The van der Waals surface area contributed by atoms with E-state index >= 15 is 0 Å². The molecule has 0 saturated heterocycles. The highest BCUT2D eigenvalue weighted by Gasteiger charge is 2.21. The molecule has 0 amide bonds. The predicted octanol–water partition coefficient (Wildman–Crippen LogP) is 2.26. The van der Waals surface area contributed by atoms with Crippen molar-refractivity contribution in [2.45, 2.75) is 26.4 Å². The monoisotopic (exact) mass is 254 g/mol. The highest BCUT2D eigenvalue weighted by Crippen LogP contribution is 2.14. The van der Waals surface area contributed by atoms with E-state index in [0.29, 0.717) is 5.52 Å². The minimum absolute atomic E-state index is 0.197. The molecule has 0 saturated carbocycles. The molecule has 0 aliphatic heterocycles. The van der Waals surface area contributed by atoms with Crippen molar-refractivity contribution < 1.29 is 9.53 Å². The molecule has 0 N–H and O–H groups in total. The van der Waals surface area contributed by atoms with Crippen LogP contribution in [-0.4, -0.2) is 31.4 Å². The van der Waals surface area contributed by atoms with E-state index in [1.54, 1.807) is 20.8 Å². The number of hydrogen-bond acceptors (Lipinski definition) is 5. The van der Waals surface area contributed by atoms with Gasteiger partial charge in [-0.2, -0.15) is 5.10 Å². The summed E-state index contributed by atoms with van der Waals surface area (Å²) in [6, 6.07) is 0. The molecule has 2 rings (SSSR count). The lowest BCUT2D eigenvalue weighted by atomic mass is 10.2. The van der Waals surface area contributed by atoms with Crippen LogP contribution < -0.4 is 0 Å². The fraction of sp³-hybridized carbons (Fsp3) is 0.400. The van der Waals surface area contributed by atoms with Crippen LogP contribution in [0.2, 0.25) is 5.15 Å². The molecule has 90 valence electrons. The van der Waals surface area contributed by atoms with Gasteiger partial charge in [-0.25, -0.2) is 14.8 Å². The van der Waals surface area contributed by atoms with Crippen molar-refractivity contribution in [2.75, 3.05) is 0 Å². The van der Waals surface area contributed by atoms with Gasteiger partial charge in [0.2, 0.25) is 0 Å². The van der Waals surface area contributed by atoms with E-state index in [4.69, 9.17) is 16.3 Å². The van der Waals surface area contributed by atoms with Crippen LogP contribution in [0.25, 0.3) is 11.2 Å². The molecule has 6 nitrogen and oxygen atoms in total. The van der Waals surface area contributed by atoms with Crippen molar-refractivity contribution in [3.63, 3.8) is 0 Å². The van der Waals surface area contributed by atoms with Gasteiger partial charge < -0.3 is 4.74 Å². The first-order valence-corrected chi connectivity index (χ1v) is 5.34. The molecular formula is C10H11ClN4O2. The zero-order valence-electron chi connectivity index (χ0n) is 9.64. The number of hydrogen-bond donors (Lipinski definition) is 0. The molecule has 2 heterocycles. The molecule has 0 aliphatic rings. The molecule has 17 heavy (non-hydrogen) atoms. The van der Waals surface area contributed by atoms with Crippen LogP contribution in [0.1, 0.15) is 20.8 Å². The largest absolute Gasteiger partial charge is 0.442 e. The maximum Gasteiger partial charge on any atom is 0.437 e. The fourth-order valence-corrected chi connectivity index (χ4v) is 1.35. The molecule has 2 aromatic heterocycles. The number of rotatable bonds is 0. The standard InChI is InChI=1S/C10H11ClN4O2/c1-10(2,3)17-9(16)15-8-6(4-13-15)12-5-7(11)14-8/h4-5H,1-3H3. The van der Waals surface area contributed by atoms with Gasteiger partial charge in [0.05, 0.1) is 12.4 Å². The van der Waals surface area contributed by atoms with E-state index in [9.17, 15) is 4.79 Å². The Bertz CT molecular complexity index is 573. The number of fused-ring (bicyclic) bond motifs is 1. The van der Waals surface area contributed by atoms with Crippen molar-refractivity contribution in [1.29, 1.82) is 0 Å². The van der Waals surface area contributed by atoms with Crippen LogP contribution >= 0.6 is 11.6 Å². The Kier molecular flexibility index (Phi) is 2.74. The Labute approximate surface area is 103 Å². The summed E-state index contributed by atoms with van der Waals surface area (Å²) >= 11 is 5.72. The molecule has 0 atom stereocenters. The van der Waals surface area contributed by atoms with Crippen LogP contribution in [0, 0.1) is 0 Å². The lowest BCUT2D eigenvalue weighted by Gasteiger charge is -2.18. The van der Waals surface area contributed by atoms with Gasteiger partial charge in [0, 0.05) is 0 Å². The molecule has 0 bridgehead atoms. The zero-order chi connectivity index (χ0) is 12.6. The van der Waals surface area contributed by atoms with Gasteiger partial charge in [-0.3, -0.25) is 0 Å². The van der Waals surface area contributed by atoms with Gasteiger partial charge in [-0.05, 0) is 20.8 Å². The first-order chi connectivity index (χ1) is 7.87. The third-order valence-corrected chi connectivity index (χ3v) is 2.00. The van der Waals surface area contributed by atoms with Crippen molar-refractivity contribution >= 4 is 28.9 Å². The fourth-order valence-electron chi connectivity index (χ4n) is 1.22. The summed E-state index contributed by atoms with van der Waals surface area (Å²) in [5.74, 6) is 0. The third kappa shape index (κ3) is 2.52. The van der Waals surface area contributed by atoms with Crippen LogP contribution in [0.5, 0.6) is 0 Å². The summed E-state index contributed by atoms with van der Waals surface area (Å²) in [5.41, 5.74) is 0.175. The number of carbonyl (C=O) groups excluding carboxylic acids is 1. The number of nitrogens with zero attached hydrogens (tertiary/aromatic N) is 4. The lowest BCUT2D eigenvalue weighted by Crippen LogP contribution is -2.27. The van der Waals surface area contributed by atoms with Crippen LogP contribution in [0.4, 0.5) is 4.79 Å². The minimum atomic E-state index is -0.607. The minimum Gasteiger partial charge on any atom is -0.442 e. The lowest BCUT2D eigenvalue weighted by molar-refractivity contribution is 0.0522. The molecule has 0 aliphatic carbocycles. The SMILES string of the molecule is CC(C)(C)OC(=O)n1ncc2ncc(Cl)nc21. The number of carbonyl (C=O) groups is 1. The van der Waals surface area contributed by atoms with E-state index in [0.717, 1.165) is 4.68 Å². The number of ether oxygens (including phenoxy) is 1. The molecule has 0 aromatic carbocycles. The maximum atomic E-state index is 11.8. The van der Waals surface area contributed by atoms with Crippen molar-refractivity contribution in [3.8, 4) is 0 Å². The second-order valence-electron chi connectivity index (χ2n) is 4.44. The highest BCUT2D eigenvalue weighted by molar-refractivity contribution is 6.29. The van der Waals surface area contributed by atoms with Crippen LogP contribution in [-0.2, 0) is 4.74 Å². The summed E-state index contributed by atoms with van der Waals surface area (Å²) in [4.78, 5) is 19.8. The Balaban J connectivity index is 2.42. The van der Waals surface area contributed by atoms with Gasteiger partial charge in [0.1, 0.15) is 16.3 Å². The van der Waals surface area contributed by atoms with E-state index in [-0.39, 0.29) is 10.8 Å². The predicted molar refractivity (Wildman–Crippen MR) is 62.0 cm³/mol. The van der Waals surface area contributed by atoms with E-state index < -0.39 is 11.7 Å². The summed E-state index contributed by atoms with van der Waals surface area (Å²) in [7, 11) is 0. The van der Waals surface area contributed by atoms with Gasteiger partial charge in [-0.1, -0.05) is 11.6 Å². The number of halogens is 1. The molecule has 2 aromatic rings. The van der Waals surface area contributed by atoms with Crippen molar-refractivity contribution in [2.24, 2.45) is 0 Å². The topological polar surface area (TPSA) is 69.9 Å². The second-order valence-corrected chi connectivity index (χ2v) is 4.83. The van der Waals surface area contributed by atoms with E-state index in [1.807, 2.05) is 0 Å². The average Bonchev–Trinajstić information content (AvgIpc) is 2.57. The van der Waals surface area contributed by atoms with E-state index in [2.05, 4.69) is 15.1 Å². The second kappa shape index (κ2) is 3.96. The first kappa shape index (κ1) is 11.8. The first-order valence-electron chi connectivity index (χ1n) is 4.96. The van der Waals surface area contributed by atoms with E-state index in [1.165, 1.54) is 12.4 Å². The molecular weight excluding hydrogens is 244 g/mol. The Morgan fingerprint density at radius 1 is 1.41 bits per heavy atom. The molecule has 0 unspecified atom stereocenters. The average molecular weight is 255 g/mol. The van der Waals surface area contributed by atoms with Gasteiger partial charge in [0.25, 0.3) is 0 Å². The Morgan fingerprint density at radius 2 is 2.12 bits per heavy atom. The molecule has 7 heteroatoms. The molecule has 0 radical (unpaired) electrons. The summed E-state index contributed by atoms with van der Waals surface area (Å²) < 4.78 is 6.22. The normalized spacial score (nSPS) is 11.8. The molecule has 0 fully saturated rings. The molecule has 0 spiro atoms.